The number of benzene rings is 2. The van der Waals surface area contributed by atoms with Crippen molar-refractivity contribution in [2.75, 3.05) is 12.4 Å². The zero-order valence-electron chi connectivity index (χ0n) is 14.6. The maximum atomic E-state index is 12.3. The highest BCUT2D eigenvalue weighted by Crippen LogP contribution is 2.18. The predicted octanol–water partition coefficient (Wildman–Crippen LogP) is 3.45. The van der Waals surface area contributed by atoms with Gasteiger partial charge in [0.15, 0.2) is 0 Å². The summed E-state index contributed by atoms with van der Waals surface area (Å²) in [6.45, 7) is 4.39. The van der Waals surface area contributed by atoms with Crippen LogP contribution in [-0.4, -0.2) is 13.0 Å². The van der Waals surface area contributed by atoms with Crippen LogP contribution in [0.2, 0.25) is 0 Å². The van der Waals surface area contributed by atoms with Crippen molar-refractivity contribution >= 4 is 11.6 Å². The lowest BCUT2D eigenvalue weighted by atomic mass is 10.1. The van der Waals surface area contributed by atoms with Gasteiger partial charge in [-0.25, -0.2) is 0 Å². The molecule has 0 atom stereocenters. The third-order valence-electron chi connectivity index (χ3n) is 3.90. The van der Waals surface area contributed by atoms with Crippen LogP contribution in [-0.2, 0) is 11.3 Å². The summed E-state index contributed by atoms with van der Waals surface area (Å²) in [6, 6.07) is 15.2. The number of nitrogens with zero attached hydrogens (tertiary/aromatic N) is 1. The molecular formula is C20H21N3O2. The van der Waals surface area contributed by atoms with E-state index in [1.54, 1.807) is 7.11 Å². The standard InChI is InChI=1S/C20H21N3O2/c1-14-6-4-9-19(15(14)2)23-20(24)17(11-21)13-22-12-16-7-5-8-18(10-16)25-3/h4-10,13,22H,12H2,1-3H3,(H,23,24)/b17-13-. The molecular weight excluding hydrogens is 314 g/mol. The lowest BCUT2D eigenvalue weighted by molar-refractivity contribution is -0.112. The molecule has 0 radical (unpaired) electrons. The van der Waals surface area contributed by atoms with Crippen LogP contribution in [0.5, 0.6) is 5.75 Å². The van der Waals surface area contributed by atoms with Crippen molar-refractivity contribution in [2.45, 2.75) is 20.4 Å². The van der Waals surface area contributed by atoms with Crippen molar-refractivity contribution in [1.29, 1.82) is 5.26 Å². The van der Waals surface area contributed by atoms with Crippen LogP contribution in [0, 0.1) is 25.2 Å². The summed E-state index contributed by atoms with van der Waals surface area (Å²) in [5.41, 5.74) is 3.78. The number of amides is 1. The topological polar surface area (TPSA) is 74.1 Å². The summed E-state index contributed by atoms with van der Waals surface area (Å²) in [6.07, 6.45) is 1.43. The largest absolute Gasteiger partial charge is 0.497 e. The van der Waals surface area contributed by atoms with Crippen LogP contribution in [0.1, 0.15) is 16.7 Å². The molecule has 25 heavy (non-hydrogen) atoms. The highest BCUT2D eigenvalue weighted by atomic mass is 16.5. The first-order chi connectivity index (χ1) is 12.0. The second kappa shape index (κ2) is 8.55. The summed E-state index contributed by atoms with van der Waals surface area (Å²) in [5, 5.41) is 15.0. The smallest absolute Gasteiger partial charge is 0.267 e. The van der Waals surface area contributed by atoms with Gasteiger partial charge in [0.25, 0.3) is 5.91 Å². The predicted molar refractivity (Wildman–Crippen MR) is 98.1 cm³/mol. The zero-order valence-corrected chi connectivity index (χ0v) is 14.6. The molecule has 0 fully saturated rings. The van der Waals surface area contributed by atoms with E-state index in [-0.39, 0.29) is 5.57 Å². The summed E-state index contributed by atoms with van der Waals surface area (Å²) >= 11 is 0. The fourth-order valence-electron chi connectivity index (χ4n) is 2.28. The average Bonchev–Trinajstić information content (AvgIpc) is 2.62. The van der Waals surface area contributed by atoms with Crippen molar-refractivity contribution in [3.63, 3.8) is 0 Å². The first-order valence-electron chi connectivity index (χ1n) is 7.89. The Hall–Kier alpha value is -3.26. The summed E-state index contributed by atoms with van der Waals surface area (Å²) in [7, 11) is 1.61. The Bertz CT molecular complexity index is 835. The van der Waals surface area contributed by atoms with Crippen LogP contribution in [0.25, 0.3) is 0 Å². The Morgan fingerprint density at radius 1 is 1.24 bits per heavy atom. The molecule has 0 aromatic heterocycles. The van der Waals surface area contributed by atoms with Crippen LogP contribution in [0.3, 0.4) is 0 Å². The van der Waals surface area contributed by atoms with E-state index in [9.17, 15) is 10.1 Å². The van der Waals surface area contributed by atoms with Gasteiger partial charge in [-0.1, -0.05) is 24.3 Å². The van der Waals surface area contributed by atoms with Crippen molar-refractivity contribution in [2.24, 2.45) is 0 Å². The van der Waals surface area contributed by atoms with Gasteiger partial charge in [0, 0.05) is 18.4 Å². The normalized spacial score (nSPS) is 10.7. The van der Waals surface area contributed by atoms with E-state index in [4.69, 9.17) is 4.74 Å². The minimum absolute atomic E-state index is 0.0174. The van der Waals surface area contributed by atoms with Crippen LogP contribution in [0.15, 0.2) is 54.2 Å². The quantitative estimate of drug-likeness (QED) is 0.626. The number of carbonyl (C=O) groups excluding carboxylic acids is 1. The Morgan fingerprint density at radius 2 is 2.00 bits per heavy atom. The lowest BCUT2D eigenvalue weighted by Crippen LogP contribution is -2.17. The highest BCUT2D eigenvalue weighted by molar-refractivity contribution is 6.06. The number of nitrogens with one attached hydrogen (secondary N) is 2. The van der Waals surface area contributed by atoms with Gasteiger partial charge in [0.05, 0.1) is 7.11 Å². The fourth-order valence-corrected chi connectivity index (χ4v) is 2.28. The maximum absolute atomic E-state index is 12.3. The van der Waals surface area contributed by atoms with E-state index in [0.29, 0.717) is 12.2 Å². The molecule has 0 bridgehead atoms. The zero-order chi connectivity index (χ0) is 18.2. The summed E-state index contributed by atoms with van der Waals surface area (Å²) < 4.78 is 5.17. The number of hydrogen-bond acceptors (Lipinski definition) is 4. The van der Waals surface area contributed by atoms with Gasteiger partial charge in [-0.3, -0.25) is 4.79 Å². The number of hydrogen-bond donors (Lipinski definition) is 2. The first-order valence-corrected chi connectivity index (χ1v) is 7.89. The molecule has 2 aromatic rings. The molecule has 0 heterocycles. The van der Waals surface area contributed by atoms with Crippen LogP contribution in [0.4, 0.5) is 5.69 Å². The van der Waals surface area contributed by atoms with Crippen molar-refractivity contribution < 1.29 is 9.53 Å². The number of anilines is 1. The number of aryl methyl sites for hydroxylation is 1. The third kappa shape index (κ3) is 4.85. The Balaban J connectivity index is 2.02. The van der Waals surface area contributed by atoms with E-state index in [2.05, 4.69) is 10.6 Å². The van der Waals surface area contributed by atoms with Crippen molar-refractivity contribution in [3.8, 4) is 11.8 Å². The van der Waals surface area contributed by atoms with E-state index in [1.165, 1.54) is 6.20 Å². The molecule has 128 valence electrons. The molecule has 1 amide bonds. The molecule has 0 unspecified atom stereocenters. The van der Waals surface area contributed by atoms with Gasteiger partial charge in [0.1, 0.15) is 17.4 Å². The fraction of sp³-hybridized carbons (Fsp3) is 0.200. The van der Waals surface area contributed by atoms with E-state index >= 15 is 0 Å². The van der Waals surface area contributed by atoms with Gasteiger partial charge in [-0.2, -0.15) is 5.26 Å². The summed E-state index contributed by atoms with van der Waals surface area (Å²) in [4.78, 5) is 12.3. The Kier molecular flexibility index (Phi) is 6.19. The van der Waals surface area contributed by atoms with Gasteiger partial charge >= 0.3 is 0 Å². The molecule has 0 aliphatic heterocycles. The molecule has 5 nitrogen and oxygen atoms in total. The molecule has 0 saturated heterocycles. The maximum Gasteiger partial charge on any atom is 0.267 e. The minimum Gasteiger partial charge on any atom is -0.497 e. The summed E-state index contributed by atoms with van der Waals surface area (Å²) in [5.74, 6) is 0.325. The monoisotopic (exact) mass is 335 g/mol. The second-order valence-corrected chi connectivity index (χ2v) is 5.60. The molecule has 0 spiro atoms. The number of ether oxygens (including phenoxy) is 1. The van der Waals surface area contributed by atoms with E-state index in [0.717, 1.165) is 22.4 Å². The highest BCUT2D eigenvalue weighted by Gasteiger charge is 2.11. The van der Waals surface area contributed by atoms with Gasteiger partial charge in [-0.15, -0.1) is 0 Å². The average molecular weight is 335 g/mol. The molecule has 0 saturated carbocycles. The minimum atomic E-state index is -0.436. The van der Waals surface area contributed by atoms with Crippen LogP contribution >= 0.6 is 0 Å². The van der Waals surface area contributed by atoms with E-state index < -0.39 is 5.91 Å². The lowest BCUT2D eigenvalue weighted by Gasteiger charge is -2.10. The molecule has 0 aliphatic carbocycles. The molecule has 5 heteroatoms. The van der Waals surface area contributed by atoms with Crippen molar-refractivity contribution in [3.05, 3.63) is 70.9 Å². The second-order valence-electron chi connectivity index (χ2n) is 5.60. The van der Waals surface area contributed by atoms with E-state index in [1.807, 2.05) is 62.4 Å². The molecule has 2 rings (SSSR count). The molecule has 2 N–H and O–H groups in total. The van der Waals surface area contributed by atoms with Crippen molar-refractivity contribution in [1.82, 2.24) is 5.32 Å². The molecule has 2 aromatic carbocycles. The van der Waals surface area contributed by atoms with Gasteiger partial charge < -0.3 is 15.4 Å². The van der Waals surface area contributed by atoms with Gasteiger partial charge in [-0.05, 0) is 48.7 Å². The number of rotatable bonds is 6. The Labute approximate surface area is 147 Å². The number of methoxy groups -OCH3 is 1. The molecule has 0 aliphatic rings. The third-order valence-corrected chi connectivity index (χ3v) is 3.90. The van der Waals surface area contributed by atoms with Crippen LogP contribution < -0.4 is 15.4 Å². The Morgan fingerprint density at radius 3 is 2.72 bits per heavy atom. The SMILES string of the molecule is COc1cccc(CN/C=C(/C#N)C(=O)Nc2cccc(C)c2C)c1. The first kappa shape index (κ1) is 18.1. The number of carbonyl (C=O) groups is 1. The number of nitriles is 1. The van der Waals surface area contributed by atoms with Gasteiger partial charge in [0.2, 0.25) is 0 Å².